The lowest BCUT2D eigenvalue weighted by atomic mass is 10.0. The zero-order valence-electron chi connectivity index (χ0n) is 12.9. The number of Topliss-reactive ketones (excluding diaryl/α,β-unsaturated/α-hetero) is 1. The number of hydrogen-bond acceptors (Lipinski definition) is 3. The van der Waals surface area contributed by atoms with Crippen LogP contribution in [0.1, 0.15) is 49.5 Å². The zero-order chi connectivity index (χ0) is 15.2. The normalized spacial score (nSPS) is 12.6. The molecule has 0 saturated carbocycles. The van der Waals surface area contributed by atoms with E-state index in [1.54, 1.807) is 0 Å². The van der Waals surface area contributed by atoms with Crippen LogP contribution in [0.3, 0.4) is 0 Å². The van der Waals surface area contributed by atoms with Crippen LogP contribution in [-0.2, 0) is 6.42 Å². The van der Waals surface area contributed by atoms with E-state index in [1.165, 1.54) is 0 Å². The zero-order valence-corrected chi connectivity index (χ0v) is 14.4. The number of hydrogen-bond donors (Lipinski definition) is 2. The van der Waals surface area contributed by atoms with E-state index in [0.717, 1.165) is 18.4 Å². The highest BCUT2D eigenvalue weighted by Crippen LogP contribution is 2.13. The Morgan fingerprint density at radius 2 is 1.86 bits per heavy atom. The Kier molecular flexibility index (Phi) is 9.14. The number of aryl methyl sites for hydroxylation is 1. The molecule has 0 amide bonds. The first kappa shape index (κ1) is 20.4. The number of rotatable bonds is 7. The van der Waals surface area contributed by atoms with Gasteiger partial charge >= 0.3 is 0 Å². The van der Waals surface area contributed by atoms with Gasteiger partial charge in [0.15, 0.2) is 5.78 Å². The number of carbonyl (C=O) groups is 1. The number of benzene rings is 1. The van der Waals surface area contributed by atoms with E-state index >= 15 is 0 Å². The molecular formula is C16H25Cl2NO2. The predicted octanol–water partition coefficient (Wildman–Crippen LogP) is 3.56. The average Bonchev–Trinajstić information content (AvgIpc) is 2.34. The summed E-state index contributed by atoms with van der Waals surface area (Å²) in [5, 5.41) is 12.0. The van der Waals surface area contributed by atoms with Crippen molar-refractivity contribution in [2.24, 2.45) is 0 Å². The summed E-state index contributed by atoms with van der Waals surface area (Å²) in [5.41, 5.74) is 1.34. The molecule has 0 heterocycles. The Hall–Kier alpha value is -0.610. The molecular weight excluding hydrogens is 309 g/mol. The number of nitrogens with one attached hydrogen (secondary N) is 1. The lowest BCUT2D eigenvalue weighted by Crippen LogP contribution is -2.41. The molecule has 0 bridgehead atoms. The van der Waals surface area contributed by atoms with Crippen molar-refractivity contribution >= 4 is 29.8 Å². The molecule has 0 aliphatic heterocycles. The van der Waals surface area contributed by atoms with E-state index in [-0.39, 0.29) is 42.3 Å². The van der Waals surface area contributed by atoms with Gasteiger partial charge < -0.3 is 5.11 Å². The van der Waals surface area contributed by atoms with E-state index < -0.39 is 0 Å². The van der Waals surface area contributed by atoms with Crippen LogP contribution in [0.2, 0.25) is 0 Å². The molecule has 3 nitrogen and oxygen atoms in total. The van der Waals surface area contributed by atoms with Gasteiger partial charge in [0, 0.05) is 24.1 Å². The van der Waals surface area contributed by atoms with E-state index in [2.05, 4.69) is 5.32 Å². The van der Waals surface area contributed by atoms with Crippen molar-refractivity contribution in [2.45, 2.75) is 51.1 Å². The first-order valence-electron chi connectivity index (χ1n) is 6.96. The van der Waals surface area contributed by atoms with Crippen LogP contribution >= 0.6 is 24.0 Å². The fraction of sp³-hybridized carbons (Fsp3) is 0.562. The van der Waals surface area contributed by atoms with Crippen molar-refractivity contribution in [1.29, 1.82) is 0 Å². The summed E-state index contributed by atoms with van der Waals surface area (Å²) in [6.45, 7) is 6.24. The molecule has 0 aliphatic carbocycles. The van der Waals surface area contributed by atoms with Gasteiger partial charge in [0.1, 0.15) is 0 Å². The molecule has 0 fully saturated rings. The van der Waals surface area contributed by atoms with Crippen LogP contribution in [0.5, 0.6) is 0 Å². The minimum atomic E-state index is -0.364. The number of alkyl halides is 1. The average molecular weight is 334 g/mol. The molecule has 120 valence electrons. The maximum Gasteiger partial charge on any atom is 0.165 e. The highest BCUT2D eigenvalue weighted by atomic mass is 35.5. The topological polar surface area (TPSA) is 49.3 Å². The number of carbonyl (C=O) groups excluding carboxylic acids is 1. The van der Waals surface area contributed by atoms with E-state index in [9.17, 15) is 4.79 Å². The highest BCUT2D eigenvalue weighted by molar-refractivity contribution is 6.22. The molecule has 0 spiro atoms. The first-order chi connectivity index (χ1) is 9.31. The molecule has 0 aliphatic rings. The quantitative estimate of drug-likeness (QED) is 0.455. The Bertz CT molecular complexity index is 427. The summed E-state index contributed by atoms with van der Waals surface area (Å²) >= 11 is 6.15. The standard InChI is InChI=1S/C16H24ClNO2.ClH/c1-16(2,3)18-15(17)11-14(20)13-8-6-12(7-9-13)5-4-10-19;/h6-9,15,18-19H,4-5,10-11H2,1-3H3;1H. The van der Waals surface area contributed by atoms with Crippen molar-refractivity contribution in [2.75, 3.05) is 6.61 Å². The smallest absolute Gasteiger partial charge is 0.165 e. The second-order valence-corrected chi connectivity index (χ2v) is 6.54. The molecule has 5 heteroatoms. The third-order valence-electron chi connectivity index (χ3n) is 2.85. The first-order valence-corrected chi connectivity index (χ1v) is 7.40. The maximum atomic E-state index is 12.1. The van der Waals surface area contributed by atoms with Gasteiger partial charge in [-0.1, -0.05) is 24.3 Å². The van der Waals surface area contributed by atoms with Gasteiger partial charge in [0.05, 0.1) is 5.50 Å². The van der Waals surface area contributed by atoms with E-state index in [4.69, 9.17) is 16.7 Å². The van der Waals surface area contributed by atoms with E-state index in [1.807, 2.05) is 45.0 Å². The highest BCUT2D eigenvalue weighted by Gasteiger charge is 2.18. The minimum Gasteiger partial charge on any atom is -0.396 e. The van der Waals surface area contributed by atoms with Crippen LogP contribution in [-0.4, -0.2) is 28.5 Å². The van der Waals surface area contributed by atoms with Gasteiger partial charge in [0.2, 0.25) is 0 Å². The van der Waals surface area contributed by atoms with Gasteiger partial charge in [-0.2, -0.15) is 0 Å². The fourth-order valence-electron chi connectivity index (χ4n) is 1.94. The Labute approximate surface area is 138 Å². The van der Waals surface area contributed by atoms with Crippen molar-refractivity contribution in [3.8, 4) is 0 Å². The lowest BCUT2D eigenvalue weighted by Gasteiger charge is -2.24. The van der Waals surface area contributed by atoms with Crippen molar-refractivity contribution in [3.05, 3.63) is 35.4 Å². The van der Waals surface area contributed by atoms with E-state index in [0.29, 0.717) is 5.56 Å². The summed E-state index contributed by atoms with van der Waals surface area (Å²) in [4.78, 5) is 12.1. The van der Waals surface area contributed by atoms with Crippen molar-refractivity contribution in [3.63, 3.8) is 0 Å². The van der Waals surface area contributed by atoms with Crippen LogP contribution in [0, 0.1) is 0 Å². The Morgan fingerprint density at radius 1 is 1.29 bits per heavy atom. The molecule has 21 heavy (non-hydrogen) atoms. The molecule has 1 aromatic rings. The molecule has 1 aromatic carbocycles. The summed E-state index contributed by atoms with van der Waals surface area (Å²) in [6.07, 6.45) is 1.84. The molecule has 0 radical (unpaired) electrons. The molecule has 1 rings (SSSR count). The SMILES string of the molecule is CC(C)(C)NC(Cl)CC(=O)c1ccc(CCCO)cc1.Cl. The Morgan fingerprint density at radius 3 is 2.33 bits per heavy atom. The monoisotopic (exact) mass is 333 g/mol. The molecule has 2 N–H and O–H groups in total. The predicted molar refractivity (Wildman–Crippen MR) is 90.6 cm³/mol. The van der Waals surface area contributed by atoms with Crippen molar-refractivity contribution < 1.29 is 9.90 Å². The second kappa shape index (κ2) is 9.42. The number of ketones is 1. The van der Waals surface area contributed by atoms with Gasteiger partial charge in [-0.25, -0.2) is 0 Å². The van der Waals surface area contributed by atoms with Gasteiger partial charge in [-0.15, -0.1) is 24.0 Å². The van der Waals surface area contributed by atoms with Crippen LogP contribution < -0.4 is 5.32 Å². The fourth-order valence-corrected chi connectivity index (χ4v) is 2.41. The summed E-state index contributed by atoms with van der Waals surface area (Å²) < 4.78 is 0. The third kappa shape index (κ3) is 8.42. The summed E-state index contributed by atoms with van der Waals surface area (Å²) in [6, 6.07) is 7.53. The molecule has 1 atom stereocenters. The van der Waals surface area contributed by atoms with Gasteiger partial charge in [-0.3, -0.25) is 10.1 Å². The lowest BCUT2D eigenvalue weighted by molar-refractivity contribution is 0.0976. The van der Waals surface area contributed by atoms with Gasteiger partial charge in [0.25, 0.3) is 0 Å². The molecule has 1 unspecified atom stereocenters. The largest absolute Gasteiger partial charge is 0.396 e. The molecule has 0 saturated heterocycles. The number of halogens is 2. The Balaban J connectivity index is 0.00000400. The summed E-state index contributed by atoms with van der Waals surface area (Å²) in [5.74, 6) is 0.0375. The second-order valence-electron chi connectivity index (χ2n) is 6.01. The van der Waals surface area contributed by atoms with Gasteiger partial charge in [-0.05, 0) is 39.2 Å². The number of aliphatic hydroxyl groups excluding tert-OH is 1. The van der Waals surface area contributed by atoms with Crippen LogP contribution in [0.15, 0.2) is 24.3 Å². The number of aliphatic hydroxyl groups is 1. The third-order valence-corrected chi connectivity index (χ3v) is 3.12. The minimum absolute atomic E-state index is 0. The van der Waals surface area contributed by atoms with Crippen LogP contribution in [0.25, 0.3) is 0 Å². The summed E-state index contributed by atoms with van der Waals surface area (Å²) in [7, 11) is 0. The molecule has 0 aromatic heterocycles. The maximum absolute atomic E-state index is 12.1. The van der Waals surface area contributed by atoms with Crippen LogP contribution in [0.4, 0.5) is 0 Å². The van der Waals surface area contributed by atoms with Crippen molar-refractivity contribution in [1.82, 2.24) is 5.32 Å².